The third kappa shape index (κ3) is 5.72. The Morgan fingerprint density at radius 1 is 1.06 bits per heavy atom. The molecule has 0 aliphatic heterocycles. The average molecular weight is 423 g/mol. The zero-order valence-electron chi connectivity index (χ0n) is 18.0. The molecule has 0 spiro atoms. The zero-order chi connectivity index (χ0) is 22.4. The fraction of sp³-hybridized carbons (Fsp3) is 0.292. The number of ketones is 1. The van der Waals surface area contributed by atoms with Crippen LogP contribution in [0, 0.1) is 0 Å². The quantitative estimate of drug-likeness (QED) is 0.275. The summed E-state index contributed by atoms with van der Waals surface area (Å²) in [6.45, 7) is 5.17. The van der Waals surface area contributed by atoms with Crippen molar-refractivity contribution in [1.82, 2.24) is 4.98 Å². The van der Waals surface area contributed by atoms with Crippen LogP contribution in [0.1, 0.15) is 43.2 Å². The van der Waals surface area contributed by atoms with E-state index in [1.807, 2.05) is 26.0 Å². The van der Waals surface area contributed by atoms with Gasteiger partial charge in [-0.2, -0.15) is 0 Å². The molecule has 31 heavy (non-hydrogen) atoms. The highest BCUT2D eigenvalue weighted by atomic mass is 16.5. The molecule has 7 nitrogen and oxygen atoms in total. The smallest absolute Gasteiger partial charge is 0.308 e. The summed E-state index contributed by atoms with van der Waals surface area (Å²) < 4.78 is 21.9. The van der Waals surface area contributed by atoms with Crippen molar-refractivity contribution in [2.45, 2.75) is 39.7 Å². The van der Waals surface area contributed by atoms with E-state index in [1.54, 1.807) is 37.4 Å². The minimum Gasteiger partial charge on any atom is -0.493 e. The lowest BCUT2D eigenvalue weighted by molar-refractivity contribution is -0.131. The number of esters is 1. The molecule has 0 aliphatic rings. The van der Waals surface area contributed by atoms with Gasteiger partial charge >= 0.3 is 5.97 Å². The van der Waals surface area contributed by atoms with Crippen LogP contribution in [0.3, 0.4) is 0 Å². The number of carbonyl (C=O) groups is 2. The van der Waals surface area contributed by atoms with E-state index in [1.165, 1.54) is 13.2 Å². The molecule has 162 valence electrons. The molecule has 2 aromatic carbocycles. The van der Waals surface area contributed by atoms with Gasteiger partial charge in [0, 0.05) is 25.3 Å². The Balaban J connectivity index is 1.71. The van der Waals surface area contributed by atoms with Crippen molar-refractivity contribution in [1.29, 1.82) is 0 Å². The fourth-order valence-corrected chi connectivity index (χ4v) is 3.03. The van der Waals surface area contributed by atoms with E-state index in [0.717, 1.165) is 5.56 Å². The number of hydrogen-bond donors (Lipinski definition) is 0. The number of hydrogen-bond acceptors (Lipinski definition) is 7. The van der Waals surface area contributed by atoms with E-state index >= 15 is 0 Å². The molecule has 0 aliphatic carbocycles. The SMILES string of the molecule is COc1ccc(-c2nc(CCC(=O)c3ccccc3OC(C)=O)co2)cc1OC(C)C. The molecule has 0 fully saturated rings. The number of para-hydroxylation sites is 1. The minimum atomic E-state index is -0.471. The maximum atomic E-state index is 12.6. The summed E-state index contributed by atoms with van der Waals surface area (Å²) in [7, 11) is 1.59. The number of nitrogens with zero attached hydrogens (tertiary/aromatic N) is 1. The van der Waals surface area contributed by atoms with E-state index in [0.29, 0.717) is 35.1 Å². The van der Waals surface area contributed by atoms with Gasteiger partial charge in [-0.05, 0) is 44.2 Å². The van der Waals surface area contributed by atoms with Crippen LogP contribution in [0.4, 0.5) is 0 Å². The Bertz CT molecular complexity index is 1070. The van der Waals surface area contributed by atoms with Crippen LogP contribution in [-0.2, 0) is 11.2 Å². The third-order valence-corrected chi connectivity index (χ3v) is 4.37. The monoisotopic (exact) mass is 423 g/mol. The number of benzene rings is 2. The first kappa shape index (κ1) is 22.1. The molecule has 3 rings (SSSR count). The molecular weight excluding hydrogens is 398 g/mol. The Hall–Kier alpha value is -3.61. The van der Waals surface area contributed by atoms with Crippen LogP contribution in [0.25, 0.3) is 11.5 Å². The lowest BCUT2D eigenvalue weighted by atomic mass is 10.0. The van der Waals surface area contributed by atoms with Gasteiger partial charge in [-0.25, -0.2) is 4.98 Å². The molecule has 0 saturated heterocycles. The Kier molecular flexibility index (Phi) is 7.07. The number of oxazole rings is 1. The van der Waals surface area contributed by atoms with Crippen molar-refractivity contribution in [3.63, 3.8) is 0 Å². The van der Waals surface area contributed by atoms with E-state index in [9.17, 15) is 9.59 Å². The molecule has 0 N–H and O–H groups in total. The summed E-state index contributed by atoms with van der Waals surface area (Å²) in [6.07, 6.45) is 2.12. The van der Waals surface area contributed by atoms with Gasteiger partial charge in [0.25, 0.3) is 0 Å². The van der Waals surface area contributed by atoms with Crippen molar-refractivity contribution in [2.75, 3.05) is 7.11 Å². The maximum absolute atomic E-state index is 12.6. The van der Waals surface area contributed by atoms with E-state index < -0.39 is 5.97 Å². The topological polar surface area (TPSA) is 87.9 Å². The predicted octanol–water partition coefficient (Wildman–Crippen LogP) is 4.88. The second kappa shape index (κ2) is 9.93. The summed E-state index contributed by atoms with van der Waals surface area (Å²) in [5.74, 6) is 1.31. The minimum absolute atomic E-state index is 0.00913. The van der Waals surface area contributed by atoms with Gasteiger partial charge < -0.3 is 18.6 Å². The number of methoxy groups -OCH3 is 1. The first-order chi connectivity index (χ1) is 14.9. The number of ether oxygens (including phenoxy) is 3. The Morgan fingerprint density at radius 2 is 1.84 bits per heavy atom. The maximum Gasteiger partial charge on any atom is 0.308 e. The molecule has 0 radical (unpaired) electrons. The van der Waals surface area contributed by atoms with Crippen LogP contribution in [0.15, 0.2) is 53.1 Å². The molecule has 1 aromatic heterocycles. The summed E-state index contributed by atoms with van der Waals surface area (Å²) in [5, 5.41) is 0. The molecule has 1 heterocycles. The van der Waals surface area contributed by atoms with Gasteiger partial charge in [0.1, 0.15) is 12.0 Å². The Labute approximate surface area is 181 Å². The van der Waals surface area contributed by atoms with Crippen molar-refractivity contribution in [3.8, 4) is 28.7 Å². The molecule has 3 aromatic rings. The van der Waals surface area contributed by atoms with Gasteiger partial charge in [-0.1, -0.05) is 12.1 Å². The number of aromatic nitrogens is 1. The van der Waals surface area contributed by atoms with Gasteiger partial charge in [-0.3, -0.25) is 9.59 Å². The van der Waals surface area contributed by atoms with Gasteiger partial charge in [0.15, 0.2) is 17.3 Å². The molecule has 0 bridgehead atoms. The average Bonchev–Trinajstić information content (AvgIpc) is 3.20. The van der Waals surface area contributed by atoms with E-state index in [4.69, 9.17) is 18.6 Å². The van der Waals surface area contributed by atoms with Crippen LogP contribution in [-0.4, -0.2) is 30.0 Å². The number of aryl methyl sites for hydroxylation is 1. The van der Waals surface area contributed by atoms with Crippen LogP contribution < -0.4 is 14.2 Å². The lowest BCUT2D eigenvalue weighted by Gasteiger charge is -2.13. The summed E-state index contributed by atoms with van der Waals surface area (Å²) in [4.78, 5) is 28.4. The summed E-state index contributed by atoms with van der Waals surface area (Å²) in [5.41, 5.74) is 1.76. The van der Waals surface area contributed by atoms with Crippen LogP contribution >= 0.6 is 0 Å². The lowest BCUT2D eigenvalue weighted by Crippen LogP contribution is -2.08. The Morgan fingerprint density at radius 3 is 2.55 bits per heavy atom. The molecule has 0 saturated carbocycles. The molecule has 0 amide bonds. The molecular formula is C24H25NO6. The highest BCUT2D eigenvalue weighted by molar-refractivity contribution is 5.99. The number of carbonyl (C=O) groups excluding carboxylic acids is 2. The first-order valence-electron chi connectivity index (χ1n) is 9.97. The second-order valence-electron chi connectivity index (χ2n) is 7.19. The van der Waals surface area contributed by atoms with Crippen LogP contribution in [0.5, 0.6) is 17.2 Å². The molecule has 0 unspecified atom stereocenters. The molecule has 0 atom stereocenters. The normalized spacial score (nSPS) is 10.7. The first-order valence-corrected chi connectivity index (χ1v) is 9.97. The van der Waals surface area contributed by atoms with Crippen molar-refractivity contribution in [3.05, 3.63) is 60.0 Å². The fourth-order valence-electron chi connectivity index (χ4n) is 3.03. The van der Waals surface area contributed by atoms with Gasteiger partial charge in [0.05, 0.1) is 24.5 Å². The zero-order valence-corrected chi connectivity index (χ0v) is 18.0. The third-order valence-electron chi connectivity index (χ3n) is 4.37. The van der Waals surface area contributed by atoms with Crippen molar-refractivity contribution in [2.24, 2.45) is 0 Å². The van der Waals surface area contributed by atoms with Crippen LogP contribution in [0.2, 0.25) is 0 Å². The predicted molar refractivity (Wildman–Crippen MR) is 115 cm³/mol. The second-order valence-corrected chi connectivity index (χ2v) is 7.19. The summed E-state index contributed by atoms with van der Waals surface area (Å²) in [6, 6.07) is 12.1. The van der Waals surface area contributed by atoms with Crippen molar-refractivity contribution >= 4 is 11.8 Å². The standard InChI is InChI=1S/C24H25NO6/c1-15(2)30-23-13-17(9-12-22(23)28-4)24-25-18(14-29-24)10-11-20(27)19-7-5-6-8-21(19)31-16(3)26/h5-9,12-15H,10-11H2,1-4H3. The molecule has 7 heteroatoms. The van der Waals surface area contributed by atoms with Gasteiger partial charge in [0.2, 0.25) is 5.89 Å². The van der Waals surface area contributed by atoms with Crippen molar-refractivity contribution < 1.29 is 28.2 Å². The highest BCUT2D eigenvalue weighted by Crippen LogP contribution is 2.33. The largest absolute Gasteiger partial charge is 0.493 e. The summed E-state index contributed by atoms with van der Waals surface area (Å²) >= 11 is 0. The van der Waals surface area contributed by atoms with E-state index in [-0.39, 0.29) is 24.1 Å². The highest BCUT2D eigenvalue weighted by Gasteiger charge is 2.16. The number of rotatable bonds is 9. The number of Topliss-reactive ketones (excluding diaryl/α,β-unsaturated/α-hetero) is 1. The van der Waals surface area contributed by atoms with Gasteiger partial charge in [-0.15, -0.1) is 0 Å². The van der Waals surface area contributed by atoms with E-state index in [2.05, 4.69) is 4.98 Å².